The van der Waals surface area contributed by atoms with Gasteiger partial charge in [-0.1, -0.05) is 0 Å². The Morgan fingerprint density at radius 2 is 2.44 bits per heavy atom. The van der Waals surface area contributed by atoms with Crippen LogP contribution in [0.25, 0.3) is 0 Å². The minimum Gasteiger partial charge on any atom is -0.504 e. The number of aromatic hydroxyl groups is 1. The normalized spacial score (nSPS) is 20.5. The van der Waals surface area contributed by atoms with E-state index in [1.807, 2.05) is 0 Å². The summed E-state index contributed by atoms with van der Waals surface area (Å²) in [6.45, 7) is 0.518. The van der Waals surface area contributed by atoms with Gasteiger partial charge in [0.1, 0.15) is 0 Å². The lowest BCUT2D eigenvalue weighted by molar-refractivity contribution is -0.117. The van der Waals surface area contributed by atoms with Gasteiger partial charge in [-0.05, 0) is 27.9 Å². The third-order valence-corrected chi connectivity index (χ3v) is 3.36. The molecule has 1 aromatic rings. The van der Waals surface area contributed by atoms with Gasteiger partial charge in [0.2, 0.25) is 5.91 Å². The molecule has 0 aromatic carbocycles. The van der Waals surface area contributed by atoms with Gasteiger partial charge >= 0.3 is 0 Å². The standard InChI is InChI=1S/C10H10BrClN2O2/c11-7-2-8(15)10(13-4-7)14-5-6(3-12)1-9(14)16/h2,4,6,15H,1,3,5H2. The predicted molar refractivity (Wildman–Crippen MR) is 64.8 cm³/mol. The minimum absolute atomic E-state index is 0.00190. The fourth-order valence-corrected chi connectivity index (χ4v) is 2.24. The van der Waals surface area contributed by atoms with E-state index in [1.54, 1.807) is 6.20 Å². The number of hydrogen-bond acceptors (Lipinski definition) is 3. The van der Waals surface area contributed by atoms with Crippen LogP contribution in [0.4, 0.5) is 5.82 Å². The van der Waals surface area contributed by atoms with E-state index in [2.05, 4.69) is 20.9 Å². The highest BCUT2D eigenvalue weighted by Gasteiger charge is 2.32. The van der Waals surface area contributed by atoms with Crippen LogP contribution in [0.3, 0.4) is 0 Å². The number of nitrogens with zero attached hydrogens (tertiary/aromatic N) is 2. The lowest BCUT2D eigenvalue weighted by Crippen LogP contribution is -2.25. The van der Waals surface area contributed by atoms with Crippen molar-refractivity contribution in [3.8, 4) is 5.75 Å². The average Bonchev–Trinajstić information content (AvgIpc) is 2.60. The molecular formula is C10H10BrClN2O2. The number of carbonyl (C=O) groups excluding carboxylic acids is 1. The first kappa shape index (κ1) is 11.7. The van der Waals surface area contributed by atoms with Crippen molar-refractivity contribution in [1.82, 2.24) is 4.98 Å². The zero-order chi connectivity index (χ0) is 11.7. The van der Waals surface area contributed by atoms with Gasteiger partial charge < -0.3 is 5.11 Å². The maximum atomic E-state index is 11.7. The molecule has 1 aliphatic heterocycles. The number of hydrogen-bond donors (Lipinski definition) is 1. The van der Waals surface area contributed by atoms with E-state index in [1.165, 1.54) is 11.0 Å². The Balaban J connectivity index is 2.28. The number of halogens is 2. The summed E-state index contributed by atoms with van der Waals surface area (Å²) >= 11 is 8.92. The molecule has 0 saturated carbocycles. The summed E-state index contributed by atoms with van der Waals surface area (Å²) < 4.78 is 0.675. The molecule has 0 aliphatic carbocycles. The molecule has 1 N–H and O–H groups in total. The van der Waals surface area contributed by atoms with Gasteiger partial charge in [-0.25, -0.2) is 4.98 Å². The zero-order valence-corrected chi connectivity index (χ0v) is 10.7. The Kier molecular flexibility index (Phi) is 3.35. The topological polar surface area (TPSA) is 53.4 Å². The molecule has 2 rings (SSSR count). The fraction of sp³-hybridized carbons (Fsp3) is 0.400. The summed E-state index contributed by atoms with van der Waals surface area (Å²) in [4.78, 5) is 17.2. The first-order chi connectivity index (χ1) is 7.61. The molecule has 2 heterocycles. The Morgan fingerprint density at radius 1 is 1.69 bits per heavy atom. The van der Waals surface area contributed by atoms with Gasteiger partial charge in [0.25, 0.3) is 0 Å². The van der Waals surface area contributed by atoms with Gasteiger partial charge in [-0.3, -0.25) is 9.69 Å². The maximum Gasteiger partial charge on any atom is 0.228 e. The summed E-state index contributed by atoms with van der Waals surface area (Å²) in [5, 5.41) is 9.71. The molecule has 1 fully saturated rings. The predicted octanol–water partition coefficient (Wildman–Crippen LogP) is 2.14. The van der Waals surface area contributed by atoms with Crippen molar-refractivity contribution in [2.45, 2.75) is 6.42 Å². The molecule has 0 radical (unpaired) electrons. The van der Waals surface area contributed by atoms with E-state index in [4.69, 9.17) is 11.6 Å². The van der Waals surface area contributed by atoms with Gasteiger partial charge in [-0.2, -0.15) is 0 Å². The first-order valence-electron chi connectivity index (χ1n) is 4.82. The quantitative estimate of drug-likeness (QED) is 0.852. The molecule has 0 bridgehead atoms. The Bertz CT molecular complexity index is 427. The molecule has 1 aliphatic rings. The molecular weight excluding hydrogens is 295 g/mol. The number of anilines is 1. The molecule has 1 saturated heterocycles. The molecule has 1 amide bonds. The third-order valence-electron chi connectivity index (χ3n) is 2.49. The summed E-state index contributed by atoms with van der Waals surface area (Å²) in [6, 6.07) is 1.52. The van der Waals surface area contributed by atoms with Crippen LogP contribution in [0.15, 0.2) is 16.7 Å². The molecule has 1 atom stereocenters. The summed E-state index contributed by atoms with van der Waals surface area (Å²) in [5.41, 5.74) is 0. The lowest BCUT2D eigenvalue weighted by atomic mass is 10.1. The second-order valence-electron chi connectivity index (χ2n) is 3.73. The molecule has 86 valence electrons. The number of aromatic nitrogens is 1. The van der Waals surface area contributed by atoms with Crippen LogP contribution in [0, 0.1) is 5.92 Å². The van der Waals surface area contributed by atoms with E-state index in [0.717, 1.165) is 0 Å². The van der Waals surface area contributed by atoms with Crippen molar-refractivity contribution < 1.29 is 9.90 Å². The Labute approximate surface area is 106 Å². The van der Waals surface area contributed by atoms with Crippen LogP contribution in [-0.4, -0.2) is 28.4 Å². The van der Waals surface area contributed by atoms with Crippen LogP contribution >= 0.6 is 27.5 Å². The number of pyridine rings is 1. The van der Waals surface area contributed by atoms with Crippen LogP contribution in [0.1, 0.15) is 6.42 Å². The second-order valence-corrected chi connectivity index (χ2v) is 4.95. The highest BCUT2D eigenvalue weighted by molar-refractivity contribution is 9.10. The third kappa shape index (κ3) is 2.15. The summed E-state index contributed by atoms with van der Waals surface area (Å²) in [6.07, 6.45) is 1.97. The number of rotatable bonds is 2. The van der Waals surface area contributed by atoms with E-state index in [-0.39, 0.29) is 17.6 Å². The highest BCUT2D eigenvalue weighted by atomic mass is 79.9. The average molecular weight is 306 g/mol. The van der Waals surface area contributed by atoms with Crippen molar-refractivity contribution in [2.75, 3.05) is 17.3 Å². The number of amides is 1. The first-order valence-corrected chi connectivity index (χ1v) is 6.15. The van der Waals surface area contributed by atoms with Crippen molar-refractivity contribution in [1.29, 1.82) is 0 Å². The van der Waals surface area contributed by atoms with Gasteiger partial charge in [-0.15, -0.1) is 11.6 Å². The number of carbonyl (C=O) groups is 1. The lowest BCUT2D eigenvalue weighted by Gasteiger charge is -2.16. The van der Waals surface area contributed by atoms with Crippen LogP contribution < -0.4 is 4.90 Å². The Morgan fingerprint density at radius 3 is 3.00 bits per heavy atom. The fourth-order valence-electron chi connectivity index (χ4n) is 1.72. The van der Waals surface area contributed by atoms with E-state index in [9.17, 15) is 9.90 Å². The monoisotopic (exact) mass is 304 g/mol. The van der Waals surface area contributed by atoms with Crippen molar-refractivity contribution >= 4 is 39.3 Å². The van der Waals surface area contributed by atoms with Gasteiger partial charge in [0.15, 0.2) is 11.6 Å². The highest BCUT2D eigenvalue weighted by Crippen LogP contribution is 2.32. The zero-order valence-electron chi connectivity index (χ0n) is 8.36. The van der Waals surface area contributed by atoms with E-state index >= 15 is 0 Å². The molecule has 1 unspecified atom stereocenters. The second kappa shape index (κ2) is 4.59. The Hall–Kier alpha value is -0.810. The van der Waals surface area contributed by atoms with Crippen LogP contribution in [-0.2, 0) is 4.79 Å². The van der Waals surface area contributed by atoms with Gasteiger partial charge in [0, 0.05) is 29.5 Å². The van der Waals surface area contributed by atoms with Crippen molar-refractivity contribution in [3.05, 3.63) is 16.7 Å². The minimum atomic E-state index is -0.0456. The van der Waals surface area contributed by atoms with E-state index < -0.39 is 0 Å². The van der Waals surface area contributed by atoms with Crippen molar-refractivity contribution in [2.24, 2.45) is 5.92 Å². The SMILES string of the molecule is O=C1CC(CCl)CN1c1ncc(Br)cc1O. The van der Waals surface area contributed by atoms with E-state index in [0.29, 0.717) is 29.1 Å². The maximum absolute atomic E-state index is 11.7. The molecule has 4 nitrogen and oxygen atoms in total. The summed E-state index contributed by atoms with van der Waals surface area (Å²) in [5.74, 6) is 0.841. The van der Waals surface area contributed by atoms with Crippen molar-refractivity contribution in [3.63, 3.8) is 0 Å². The smallest absolute Gasteiger partial charge is 0.228 e. The van der Waals surface area contributed by atoms with Gasteiger partial charge in [0.05, 0.1) is 0 Å². The largest absolute Gasteiger partial charge is 0.504 e. The number of alkyl halides is 1. The van der Waals surface area contributed by atoms with Crippen LogP contribution in [0.5, 0.6) is 5.75 Å². The molecule has 6 heteroatoms. The summed E-state index contributed by atoms with van der Waals surface area (Å²) in [7, 11) is 0. The molecule has 1 aromatic heterocycles. The molecule has 0 spiro atoms. The molecule has 16 heavy (non-hydrogen) atoms. The van der Waals surface area contributed by atoms with Crippen LogP contribution in [0.2, 0.25) is 0 Å².